The highest BCUT2D eigenvalue weighted by atomic mass is 35.5. The Morgan fingerprint density at radius 2 is 1.95 bits per heavy atom. The molecule has 0 aliphatic heterocycles. The van der Waals surface area contributed by atoms with Crippen molar-refractivity contribution in [3.63, 3.8) is 0 Å². The third-order valence-electron chi connectivity index (χ3n) is 2.67. The number of benzene rings is 1. The third-order valence-corrected chi connectivity index (χ3v) is 2.90. The van der Waals surface area contributed by atoms with Crippen LogP contribution in [0.5, 0.6) is 5.75 Å². The van der Waals surface area contributed by atoms with Gasteiger partial charge in [-0.1, -0.05) is 11.6 Å². The van der Waals surface area contributed by atoms with Crippen LogP contribution >= 0.6 is 11.6 Å². The number of carbonyl (C=O) groups is 3. The summed E-state index contributed by atoms with van der Waals surface area (Å²) in [4.78, 5) is 34.0. The molecule has 2 N–H and O–H groups in total. The quantitative estimate of drug-likeness (QED) is 0.702. The van der Waals surface area contributed by atoms with Crippen LogP contribution in [0.4, 0.5) is 0 Å². The SMILES string of the molecule is CNC(=O)CNC(=O)COC(=O)Cc1cc(Cl)ccc1OC. The topological polar surface area (TPSA) is 93.7 Å². The molecular formula is C14H17ClN2O5. The number of halogens is 1. The predicted octanol–water partition coefficient (Wildman–Crippen LogP) is 0.296. The summed E-state index contributed by atoms with van der Waals surface area (Å²) in [7, 11) is 2.93. The van der Waals surface area contributed by atoms with Crippen molar-refractivity contribution in [2.75, 3.05) is 27.3 Å². The number of rotatable bonds is 7. The second-order valence-electron chi connectivity index (χ2n) is 4.24. The van der Waals surface area contributed by atoms with Gasteiger partial charge in [0.15, 0.2) is 6.61 Å². The molecular weight excluding hydrogens is 312 g/mol. The molecule has 0 aliphatic carbocycles. The van der Waals surface area contributed by atoms with Gasteiger partial charge in [-0.15, -0.1) is 0 Å². The largest absolute Gasteiger partial charge is 0.496 e. The molecule has 0 spiro atoms. The molecule has 2 amide bonds. The molecule has 0 atom stereocenters. The molecule has 0 aliphatic rings. The van der Waals surface area contributed by atoms with E-state index in [1.807, 2.05) is 0 Å². The fourth-order valence-electron chi connectivity index (χ4n) is 1.56. The highest BCUT2D eigenvalue weighted by Crippen LogP contribution is 2.23. The van der Waals surface area contributed by atoms with E-state index < -0.39 is 18.5 Å². The summed E-state index contributed by atoms with van der Waals surface area (Å²) >= 11 is 5.86. The first-order valence-corrected chi connectivity index (χ1v) is 6.79. The van der Waals surface area contributed by atoms with Gasteiger partial charge in [-0.25, -0.2) is 0 Å². The van der Waals surface area contributed by atoms with Crippen LogP contribution in [0.2, 0.25) is 5.02 Å². The molecule has 0 radical (unpaired) electrons. The number of hydrogen-bond acceptors (Lipinski definition) is 5. The van der Waals surface area contributed by atoms with Crippen molar-refractivity contribution in [2.45, 2.75) is 6.42 Å². The molecule has 1 aromatic carbocycles. The van der Waals surface area contributed by atoms with E-state index in [1.54, 1.807) is 18.2 Å². The van der Waals surface area contributed by atoms with Crippen LogP contribution in [0, 0.1) is 0 Å². The van der Waals surface area contributed by atoms with Crippen molar-refractivity contribution >= 4 is 29.4 Å². The van der Waals surface area contributed by atoms with Gasteiger partial charge in [0.25, 0.3) is 5.91 Å². The van der Waals surface area contributed by atoms with Crippen molar-refractivity contribution in [3.05, 3.63) is 28.8 Å². The Morgan fingerprint density at radius 1 is 1.23 bits per heavy atom. The lowest BCUT2D eigenvalue weighted by Crippen LogP contribution is -2.37. The minimum absolute atomic E-state index is 0.0769. The maximum atomic E-state index is 11.7. The molecule has 7 nitrogen and oxygen atoms in total. The fraction of sp³-hybridized carbons (Fsp3) is 0.357. The second-order valence-corrected chi connectivity index (χ2v) is 4.68. The van der Waals surface area contributed by atoms with Crippen molar-refractivity contribution in [3.8, 4) is 5.75 Å². The molecule has 8 heteroatoms. The van der Waals surface area contributed by atoms with Gasteiger partial charge in [-0.05, 0) is 18.2 Å². The maximum absolute atomic E-state index is 11.7. The van der Waals surface area contributed by atoms with Crippen molar-refractivity contribution in [1.29, 1.82) is 0 Å². The molecule has 1 aromatic rings. The molecule has 0 bridgehead atoms. The van der Waals surface area contributed by atoms with Crippen LogP contribution < -0.4 is 15.4 Å². The van der Waals surface area contributed by atoms with Gasteiger partial charge >= 0.3 is 5.97 Å². The number of ether oxygens (including phenoxy) is 2. The number of amides is 2. The summed E-state index contributed by atoms with van der Waals surface area (Å²) in [6.07, 6.45) is -0.0769. The Balaban J connectivity index is 2.45. The molecule has 0 aromatic heterocycles. The Labute approximate surface area is 132 Å². The van der Waals surface area contributed by atoms with E-state index in [1.165, 1.54) is 14.2 Å². The zero-order valence-corrected chi connectivity index (χ0v) is 13.0. The Hall–Kier alpha value is -2.28. The van der Waals surface area contributed by atoms with Gasteiger partial charge < -0.3 is 20.1 Å². The molecule has 22 heavy (non-hydrogen) atoms. The monoisotopic (exact) mass is 328 g/mol. The number of hydrogen-bond donors (Lipinski definition) is 2. The van der Waals surface area contributed by atoms with Crippen molar-refractivity contribution in [1.82, 2.24) is 10.6 Å². The number of methoxy groups -OCH3 is 1. The number of likely N-dealkylation sites (N-methyl/N-ethyl adjacent to an activating group) is 1. The van der Waals surface area contributed by atoms with E-state index >= 15 is 0 Å². The summed E-state index contributed by atoms with van der Waals surface area (Å²) in [5, 5.41) is 5.12. The molecule has 1 rings (SSSR count). The Bertz CT molecular complexity index is 562. The van der Waals surface area contributed by atoms with Crippen LogP contribution in [-0.2, 0) is 25.5 Å². The molecule has 0 fully saturated rings. The number of carbonyl (C=O) groups excluding carboxylic acids is 3. The van der Waals surface area contributed by atoms with Crippen molar-refractivity contribution in [2.24, 2.45) is 0 Å². The minimum Gasteiger partial charge on any atom is -0.496 e. The normalized spacial score (nSPS) is 9.77. The zero-order chi connectivity index (χ0) is 16.5. The van der Waals surface area contributed by atoms with Gasteiger partial charge in [0.1, 0.15) is 5.75 Å². The maximum Gasteiger partial charge on any atom is 0.310 e. The molecule has 0 heterocycles. The summed E-state index contributed by atoms with van der Waals surface area (Å²) in [6.45, 7) is -0.631. The number of nitrogens with one attached hydrogen (secondary N) is 2. The molecule has 0 saturated heterocycles. The van der Waals surface area contributed by atoms with Crippen molar-refractivity contribution < 1.29 is 23.9 Å². The average Bonchev–Trinajstić information content (AvgIpc) is 2.50. The van der Waals surface area contributed by atoms with Gasteiger partial charge in [-0.3, -0.25) is 14.4 Å². The smallest absolute Gasteiger partial charge is 0.310 e. The van der Waals surface area contributed by atoms with Gasteiger partial charge in [0, 0.05) is 17.6 Å². The van der Waals surface area contributed by atoms with E-state index in [9.17, 15) is 14.4 Å². The lowest BCUT2D eigenvalue weighted by atomic mass is 10.1. The van der Waals surface area contributed by atoms with Gasteiger partial charge in [0.2, 0.25) is 5.91 Å². The average molecular weight is 329 g/mol. The van der Waals surface area contributed by atoms with Crippen LogP contribution in [0.15, 0.2) is 18.2 Å². The Kier molecular flexibility index (Phi) is 7.18. The first-order chi connectivity index (χ1) is 10.5. The first-order valence-electron chi connectivity index (χ1n) is 6.41. The van der Waals surface area contributed by atoms with Crippen LogP contribution in [0.3, 0.4) is 0 Å². The predicted molar refractivity (Wildman–Crippen MR) is 79.7 cm³/mol. The minimum atomic E-state index is -0.601. The summed E-state index contributed by atoms with van der Waals surface area (Å²) in [5.41, 5.74) is 0.561. The number of esters is 1. The van der Waals surface area contributed by atoms with Gasteiger partial charge in [-0.2, -0.15) is 0 Å². The van der Waals surface area contributed by atoms with Crippen LogP contribution in [-0.4, -0.2) is 45.1 Å². The second kappa shape index (κ2) is 8.89. The van der Waals surface area contributed by atoms with Crippen LogP contribution in [0.1, 0.15) is 5.56 Å². The van der Waals surface area contributed by atoms with E-state index in [4.69, 9.17) is 21.1 Å². The van der Waals surface area contributed by atoms with Crippen LogP contribution in [0.25, 0.3) is 0 Å². The van der Waals surface area contributed by atoms with E-state index in [0.29, 0.717) is 16.3 Å². The third kappa shape index (κ3) is 6.01. The fourth-order valence-corrected chi connectivity index (χ4v) is 1.75. The highest BCUT2D eigenvalue weighted by molar-refractivity contribution is 6.30. The standard InChI is InChI=1S/C14H17ClN2O5/c1-16-12(18)7-17-13(19)8-22-14(20)6-9-5-10(15)3-4-11(9)21-2/h3-5H,6-8H2,1-2H3,(H,16,18)(H,17,19). The zero-order valence-electron chi connectivity index (χ0n) is 12.3. The summed E-state index contributed by atoms with van der Waals surface area (Å²) in [6, 6.07) is 4.87. The lowest BCUT2D eigenvalue weighted by Gasteiger charge is -2.09. The van der Waals surface area contributed by atoms with E-state index in [2.05, 4.69) is 10.6 Å². The first kappa shape index (κ1) is 17.8. The summed E-state index contributed by atoms with van der Waals surface area (Å²) in [5.74, 6) is -1.00. The van der Waals surface area contributed by atoms with Gasteiger partial charge in [0.05, 0.1) is 20.1 Å². The molecule has 0 unspecified atom stereocenters. The molecule has 120 valence electrons. The lowest BCUT2D eigenvalue weighted by molar-refractivity contribution is -0.148. The van der Waals surface area contributed by atoms with E-state index in [-0.39, 0.29) is 18.9 Å². The van der Waals surface area contributed by atoms with E-state index in [0.717, 1.165) is 0 Å². The Morgan fingerprint density at radius 3 is 2.59 bits per heavy atom. The summed E-state index contributed by atoms with van der Waals surface area (Å²) < 4.78 is 9.95. The molecule has 0 saturated carbocycles. The highest BCUT2D eigenvalue weighted by Gasteiger charge is 2.12.